The molecule has 0 aromatic heterocycles. The van der Waals surface area contributed by atoms with Crippen LogP contribution in [0.3, 0.4) is 0 Å². The van der Waals surface area contributed by atoms with Crippen molar-refractivity contribution < 1.29 is 5.11 Å². The molecule has 0 atom stereocenters. The molecule has 0 aliphatic heterocycles. The van der Waals surface area contributed by atoms with Crippen molar-refractivity contribution in [3.05, 3.63) is 39.9 Å². The van der Waals surface area contributed by atoms with Gasteiger partial charge in [-0.3, -0.25) is 0 Å². The normalized spacial score (nSPS) is 11.8. The summed E-state index contributed by atoms with van der Waals surface area (Å²) in [4.78, 5) is 0. The van der Waals surface area contributed by atoms with Crippen molar-refractivity contribution in [2.24, 2.45) is 0 Å². The first-order chi connectivity index (χ1) is 5.63. The Morgan fingerprint density at radius 2 is 1.75 bits per heavy atom. The molecule has 1 aromatic carbocycles. The van der Waals surface area contributed by atoms with Crippen LogP contribution in [-0.4, -0.2) is 5.11 Å². The van der Waals surface area contributed by atoms with E-state index in [0.717, 1.165) is 0 Å². The highest BCUT2D eigenvalue weighted by Crippen LogP contribution is 2.22. The molecule has 0 aliphatic rings. The van der Waals surface area contributed by atoms with E-state index in [4.69, 9.17) is 23.2 Å². The van der Waals surface area contributed by atoms with Gasteiger partial charge in [0.15, 0.2) is 0 Å². The Morgan fingerprint density at radius 1 is 1.25 bits per heavy atom. The molecule has 1 nitrogen and oxygen atoms in total. The van der Waals surface area contributed by atoms with E-state index in [1.165, 1.54) is 0 Å². The van der Waals surface area contributed by atoms with Gasteiger partial charge in [-0.05, 0) is 31.2 Å². The van der Waals surface area contributed by atoms with Crippen LogP contribution in [-0.2, 0) is 0 Å². The Morgan fingerprint density at radius 3 is 2.17 bits per heavy atom. The minimum Gasteiger partial charge on any atom is -0.508 e. The molecule has 0 fully saturated rings. The second kappa shape index (κ2) is 3.83. The SMILES string of the molecule is CC=C(O)c1cc(Cl)cc(Cl)c1. The van der Waals surface area contributed by atoms with Crippen molar-refractivity contribution in [2.45, 2.75) is 6.92 Å². The van der Waals surface area contributed by atoms with Crippen LogP contribution in [0.4, 0.5) is 0 Å². The van der Waals surface area contributed by atoms with Gasteiger partial charge in [-0.2, -0.15) is 0 Å². The molecule has 1 aromatic rings. The molecule has 0 amide bonds. The number of hydrogen-bond acceptors (Lipinski definition) is 1. The van der Waals surface area contributed by atoms with Crippen LogP contribution in [0, 0.1) is 0 Å². The van der Waals surface area contributed by atoms with Gasteiger partial charge < -0.3 is 5.11 Å². The average Bonchev–Trinajstić information content (AvgIpc) is 2.01. The quantitative estimate of drug-likeness (QED) is 0.686. The maximum atomic E-state index is 9.32. The summed E-state index contributed by atoms with van der Waals surface area (Å²) in [6, 6.07) is 4.93. The minimum atomic E-state index is 0.180. The van der Waals surface area contributed by atoms with Gasteiger partial charge in [0.2, 0.25) is 0 Å². The lowest BCUT2D eigenvalue weighted by molar-refractivity contribution is 0.511. The Labute approximate surface area is 81.2 Å². The number of halogens is 2. The zero-order chi connectivity index (χ0) is 9.14. The summed E-state index contributed by atoms with van der Waals surface area (Å²) in [5.41, 5.74) is 0.634. The summed E-state index contributed by atoms with van der Waals surface area (Å²) in [5, 5.41) is 10.4. The summed E-state index contributed by atoms with van der Waals surface area (Å²) < 4.78 is 0. The molecule has 0 radical (unpaired) electrons. The lowest BCUT2D eigenvalue weighted by Gasteiger charge is -2.00. The van der Waals surface area contributed by atoms with E-state index in [-0.39, 0.29) is 5.76 Å². The molecule has 0 aliphatic carbocycles. The van der Waals surface area contributed by atoms with Gasteiger partial charge in [-0.1, -0.05) is 23.2 Å². The van der Waals surface area contributed by atoms with Crippen molar-refractivity contribution in [1.29, 1.82) is 0 Å². The molecule has 0 unspecified atom stereocenters. The molecule has 3 heteroatoms. The monoisotopic (exact) mass is 202 g/mol. The molecule has 64 valence electrons. The summed E-state index contributed by atoms with van der Waals surface area (Å²) in [7, 11) is 0. The van der Waals surface area contributed by atoms with Crippen LogP contribution in [0.25, 0.3) is 5.76 Å². The van der Waals surface area contributed by atoms with Crippen LogP contribution in [0.5, 0.6) is 0 Å². The number of aliphatic hydroxyl groups is 1. The fraction of sp³-hybridized carbons (Fsp3) is 0.111. The van der Waals surface area contributed by atoms with Gasteiger partial charge in [0.05, 0.1) is 0 Å². The van der Waals surface area contributed by atoms with Gasteiger partial charge in [0.25, 0.3) is 0 Å². The van der Waals surface area contributed by atoms with Gasteiger partial charge in [0.1, 0.15) is 5.76 Å². The topological polar surface area (TPSA) is 20.2 Å². The van der Waals surface area contributed by atoms with Gasteiger partial charge >= 0.3 is 0 Å². The summed E-state index contributed by atoms with van der Waals surface area (Å²) in [5.74, 6) is 0.180. The zero-order valence-electron chi connectivity index (χ0n) is 6.51. The molecule has 1 rings (SSSR count). The van der Waals surface area contributed by atoms with Crippen LogP contribution in [0.15, 0.2) is 24.3 Å². The summed E-state index contributed by atoms with van der Waals surface area (Å²) in [6.07, 6.45) is 1.59. The Kier molecular flexibility index (Phi) is 3.01. The molecule has 0 heterocycles. The van der Waals surface area contributed by atoms with E-state index in [0.29, 0.717) is 15.6 Å². The number of hydrogen-bond donors (Lipinski definition) is 1. The molecule has 0 bridgehead atoms. The van der Waals surface area contributed by atoms with Crippen molar-refractivity contribution >= 4 is 29.0 Å². The third-order valence-corrected chi connectivity index (χ3v) is 1.87. The molecule has 0 saturated carbocycles. The first-order valence-electron chi connectivity index (χ1n) is 3.45. The first kappa shape index (κ1) is 9.43. The minimum absolute atomic E-state index is 0.180. The molecular weight excluding hydrogens is 195 g/mol. The lowest BCUT2D eigenvalue weighted by atomic mass is 10.2. The smallest absolute Gasteiger partial charge is 0.118 e. The Hall–Kier alpha value is -0.660. The fourth-order valence-corrected chi connectivity index (χ4v) is 1.39. The number of aliphatic hydroxyl groups excluding tert-OH is 1. The largest absolute Gasteiger partial charge is 0.508 e. The summed E-state index contributed by atoms with van der Waals surface area (Å²) >= 11 is 11.5. The second-order valence-electron chi connectivity index (χ2n) is 2.33. The van der Waals surface area contributed by atoms with E-state index >= 15 is 0 Å². The van der Waals surface area contributed by atoms with Gasteiger partial charge in [-0.15, -0.1) is 0 Å². The van der Waals surface area contributed by atoms with E-state index in [1.807, 2.05) is 0 Å². The third kappa shape index (κ3) is 2.16. The van der Waals surface area contributed by atoms with E-state index in [1.54, 1.807) is 31.2 Å². The first-order valence-corrected chi connectivity index (χ1v) is 4.21. The maximum Gasteiger partial charge on any atom is 0.118 e. The molecule has 12 heavy (non-hydrogen) atoms. The summed E-state index contributed by atoms with van der Waals surface area (Å²) in [6.45, 7) is 1.74. The molecule has 1 N–H and O–H groups in total. The van der Waals surface area contributed by atoms with Gasteiger partial charge in [-0.25, -0.2) is 0 Å². The van der Waals surface area contributed by atoms with E-state index in [9.17, 15) is 5.11 Å². The van der Waals surface area contributed by atoms with Gasteiger partial charge in [0, 0.05) is 15.6 Å². The van der Waals surface area contributed by atoms with E-state index in [2.05, 4.69) is 0 Å². The average molecular weight is 203 g/mol. The van der Waals surface area contributed by atoms with Crippen LogP contribution in [0.1, 0.15) is 12.5 Å². The second-order valence-corrected chi connectivity index (χ2v) is 3.20. The van der Waals surface area contributed by atoms with Crippen molar-refractivity contribution in [3.63, 3.8) is 0 Å². The Bertz CT molecular complexity index is 298. The number of allylic oxidation sites excluding steroid dienone is 1. The highest BCUT2D eigenvalue weighted by Gasteiger charge is 2.00. The molecule has 0 spiro atoms. The highest BCUT2D eigenvalue weighted by molar-refractivity contribution is 6.34. The lowest BCUT2D eigenvalue weighted by Crippen LogP contribution is -1.81. The molecular formula is C9H8Cl2O. The Balaban J connectivity index is 3.17. The van der Waals surface area contributed by atoms with Crippen LogP contribution >= 0.6 is 23.2 Å². The zero-order valence-corrected chi connectivity index (χ0v) is 8.02. The predicted octanol–water partition coefficient (Wildman–Crippen LogP) is 3.91. The van der Waals surface area contributed by atoms with E-state index < -0.39 is 0 Å². The molecule has 0 saturated heterocycles. The number of benzene rings is 1. The van der Waals surface area contributed by atoms with Crippen molar-refractivity contribution in [2.75, 3.05) is 0 Å². The maximum absolute atomic E-state index is 9.32. The van der Waals surface area contributed by atoms with Crippen LogP contribution < -0.4 is 0 Å². The standard InChI is InChI=1S/C9H8Cl2O/c1-2-9(12)6-3-7(10)5-8(11)4-6/h2-5,12H,1H3. The predicted molar refractivity (Wildman–Crippen MR) is 52.7 cm³/mol. The number of rotatable bonds is 1. The van der Waals surface area contributed by atoms with Crippen LogP contribution in [0.2, 0.25) is 10.0 Å². The third-order valence-electron chi connectivity index (χ3n) is 1.43. The van der Waals surface area contributed by atoms with Crippen molar-refractivity contribution in [1.82, 2.24) is 0 Å². The van der Waals surface area contributed by atoms with Crippen molar-refractivity contribution in [3.8, 4) is 0 Å². The fourth-order valence-electron chi connectivity index (χ4n) is 0.868. The highest BCUT2D eigenvalue weighted by atomic mass is 35.5.